The van der Waals surface area contributed by atoms with E-state index in [4.69, 9.17) is 4.74 Å². The highest BCUT2D eigenvalue weighted by Crippen LogP contribution is 2.31. The Balaban J connectivity index is 2.12. The summed E-state index contributed by atoms with van der Waals surface area (Å²) in [7, 11) is 0. The Labute approximate surface area is 196 Å². The maximum absolute atomic E-state index is 13.1. The van der Waals surface area contributed by atoms with Gasteiger partial charge in [0.05, 0.1) is 17.7 Å². The summed E-state index contributed by atoms with van der Waals surface area (Å²) in [6.45, 7) is 3.88. The number of benzene rings is 1. The SMILES string of the molecule is CCCCCCCCCCCCCCCOC(=O)C(C)NC(=O)c1ccccc1C(F)(F)F. The molecule has 0 heterocycles. The van der Waals surface area contributed by atoms with Gasteiger partial charge in [0, 0.05) is 0 Å². The van der Waals surface area contributed by atoms with Crippen LogP contribution in [0, 0.1) is 0 Å². The number of nitrogens with one attached hydrogen (secondary N) is 1. The molecule has 0 saturated carbocycles. The summed E-state index contributed by atoms with van der Waals surface area (Å²) in [5.41, 5.74) is -1.55. The van der Waals surface area contributed by atoms with Crippen LogP contribution in [0.1, 0.15) is 113 Å². The summed E-state index contributed by atoms with van der Waals surface area (Å²) < 4.78 is 44.3. The Hall–Kier alpha value is -2.05. The number of hydrogen-bond donors (Lipinski definition) is 1. The molecule has 1 amide bonds. The van der Waals surface area contributed by atoms with Crippen molar-refractivity contribution in [3.8, 4) is 0 Å². The second-order valence-corrected chi connectivity index (χ2v) is 8.65. The molecule has 0 spiro atoms. The van der Waals surface area contributed by atoms with Gasteiger partial charge in [0.1, 0.15) is 6.04 Å². The average molecular weight is 472 g/mol. The van der Waals surface area contributed by atoms with Crippen LogP contribution in [0.2, 0.25) is 0 Å². The van der Waals surface area contributed by atoms with Gasteiger partial charge in [-0.1, -0.05) is 96.1 Å². The van der Waals surface area contributed by atoms with Crippen LogP contribution in [-0.4, -0.2) is 24.5 Å². The van der Waals surface area contributed by atoms with Crippen molar-refractivity contribution in [2.24, 2.45) is 0 Å². The number of amides is 1. The van der Waals surface area contributed by atoms with Crippen molar-refractivity contribution >= 4 is 11.9 Å². The molecule has 0 radical (unpaired) electrons. The van der Waals surface area contributed by atoms with Crippen LogP contribution in [0.15, 0.2) is 24.3 Å². The zero-order chi connectivity index (χ0) is 24.5. The maximum Gasteiger partial charge on any atom is 0.417 e. The van der Waals surface area contributed by atoms with E-state index in [2.05, 4.69) is 12.2 Å². The Bertz CT molecular complexity index is 692. The summed E-state index contributed by atoms with van der Waals surface area (Å²) in [6, 6.07) is 3.46. The van der Waals surface area contributed by atoms with Crippen LogP contribution < -0.4 is 5.32 Å². The summed E-state index contributed by atoms with van der Waals surface area (Å²) in [5.74, 6) is -1.60. The van der Waals surface area contributed by atoms with Gasteiger partial charge in [-0.05, 0) is 25.5 Å². The molecule has 0 saturated heterocycles. The monoisotopic (exact) mass is 471 g/mol. The van der Waals surface area contributed by atoms with Gasteiger partial charge in [0.2, 0.25) is 0 Å². The summed E-state index contributed by atoms with van der Waals surface area (Å²) in [6.07, 6.45) is 11.2. The molecule has 1 aromatic carbocycles. The predicted octanol–water partition coefficient (Wildman–Crippen LogP) is 7.46. The Morgan fingerprint density at radius 1 is 0.848 bits per heavy atom. The number of esters is 1. The second kappa shape index (κ2) is 16.5. The first kappa shape index (κ1) is 29.0. The van der Waals surface area contributed by atoms with E-state index < -0.39 is 35.2 Å². The molecule has 0 aliphatic heterocycles. The molecule has 1 atom stereocenters. The lowest BCUT2D eigenvalue weighted by Gasteiger charge is -2.16. The molecular formula is C26H40F3NO3. The second-order valence-electron chi connectivity index (χ2n) is 8.65. The number of unbranched alkanes of at least 4 members (excludes halogenated alkanes) is 12. The number of hydrogen-bond acceptors (Lipinski definition) is 3. The summed E-state index contributed by atoms with van der Waals surface area (Å²) in [4.78, 5) is 24.3. The lowest BCUT2D eigenvalue weighted by atomic mass is 10.0. The van der Waals surface area contributed by atoms with Crippen LogP contribution in [0.25, 0.3) is 0 Å². The van der Waals surface area contributed by atoms with Crippen LogP contribution in [0.4, 0.5) is 13.2 Å². The first-order valence-electron chi connectivity index (χ1n) is 12.4. The quantitative estimate of drug-likeness (QED) is 0.189. The van der Waals surface area contributed by atoms with Gasteiger partial charge in [-0.15, -0.1) is 0 Å². The van der Waals surface area contributed by atoms with Crippen molar-refractivity contribution in [3.63, 3.8) is 0 Å². The predicted molar refractivity (Wildman–Crippen MR) is 125 cm³/mol. The normalized spacial score (nSPS) is 12.4. The number of carbonyl (C=O) groups excluding carboxylic acids is 2. The minimum absolute atomic E-state index is 0.246. The van der Waals surface area contributed by atoms with E-state index in [9.17, 15) is 22.8 Å². The third-order valence-electron chi connectivity index (χ3n) is 5.67. The lowest BCUT2D eigenvalue weighted by molar-refractivity contribution is -0.145. The smallest absolute Gasteiger partial charge is 0.417 e. The van der Waals surface area contributed by atoms with Crippen LogP contribution in [0.3, 0.4) is 0 Å². The Morgan fingerprint density at radius 2 is 1.33 bits per heavy atom. The highest BCUT2D eigenvalue weighted by molar-refractivity contribution is 5.98. The molecule has 1 aromatic rings. The standard InChI is InChI=1S/C26H40F3NO3/c1-3-4-5-6-7-8-9-10-11-12-13-14-17-20-33-25(32)21(2)30-24(31)22-18-15-16-19-23(22)26(27,28)29/h15-16,18-19,21H,3-14,17,20H2,1-2H3,(H,30,31). The fourth-order valence-electron chi connectivity index (χ4n) is 3.68. The molecule has 0 fully saturated rings. The highest BCUT2D eigenvalue weighted by atomic mass is 19.4. The first-order chi connectivity index (χ1) is 15.8. The largest absolute Gasteiger partial charge is 0.464 e. The molecule has 1 N–H and O–H groups in total. The number of alkyl halides is 3. The van der Waals surface area contributed by atoms with Gasteiger partial charge in [0.25, 0.3) is 5.91 Å². The van der Waals surface area contributed by atoms with Crippen molar-refractivity contribution in [1.82, 2.24) is 5.32 Å². The Kier molecular flexibility index (Phi) is 14.5. The number of ether oxygens (including phenoxy) is 1. The van der Waals surface area contributed by atoms with Crippen molar-refractivity contribution in [3.05, 3.63) is 35.4 Å². The lowest BCUT2D eigenvalue weighted by Crippen LogP contribution is -2.40. The molecule has 0 aromatic heterocycles. The molecule has 1 rings (SSSR count). The van der Waals surface area contributed by atoms with Crippen molar-refractivity contribution in [2.45, 2.75) is 110 Å². The average Bonchev–Trinajstić information content (AvgIpc) is 2.78. The van der Waals surface area contributed by atoms with E-state index in [1.165, 1.54) is 83.3 Å². The number of rotatable bonds is 17. The van der Waals surface area contributed by atoms with Crippen molar-refractivity contribution < 1.29 is 27.5 Å². The van der Waals surface area contributed by atoms with E-state index in [1.807, 2.05) is 0 Å². The van der Waals surface area contributed by atoms with Crippen LogP contribution in [-0.2, 0) is 15.7 Å². The Morgan fingerprint density at radius 3 is 1.85 bits per heavy atom. The fourth-order valence-corrected chi connectivity index (χ4v) is 3.68. The zero-order valence-electron chi connectivity index (χ0n) is 20.1. The molecule has 0 aliphatic carbocycles. The van der Waals surface area contributed by atoms with Gasteiger partial charge in [-0.25, -0.2) is 4.79 Å². The van der Waals surface area contributed by atoms with Crippen molar-refractivity contribution in [2.75, 3.05) is 6.61 Å². The number of halogens is 3. The minimum atomic E-state index is -4.65. The van der Waals surface area contributed by atoms with E-state index in [0.717, 1.165) is 31.4 Å². The fraction of sp³-hybridized carbons (Fsp3) is 0.692. The highest BCUT2D eigenvalue weighted by Gasteiger charge is 2.35. The van der Waals surface area contributed by atoms with Gasteiger partial charge in [0.15, 0.2) is 0 Å². The third kappa shape index (κ3) is 12.7. The topological polar surface area (TPSA) is 55.4 Å². The summed E-state index contributed by atoms with van der Waals surface area (Å²) in [5, 5.41) is 2.29. The number of carbonyl (C=O) groups is 2. The van der Waals surface area contributed by atoms with Gasteiger partial charge >= 0.3 is 12.1 Å². The van der Waals surface area contributed by atoms with Gasteiger partial charge in [-0.3, -0.25) is 4.79 Å². The maximum atomic E-state index is 13.1. The van der Waals surface area contributed by atoms with Gasteiger partial charge < -0.3 is 10.1 Å². The minimum Gasteiger partial charge on any atom is -0.464 e. The molecule has 0 aliphatic rings. The van der Waals surface area contributed by atoms with E-state index in [0.29, 0.717) is 0 Å². The molecule has 4 nitrogen and oxygen atoms in total. The molecule has 0 bridgehead atoms. The van der Waals surface area contributed by atoms with Crippen molar-refractivity contribution in [1.29, 1.82) is 0 Å². The summed E-state index contributed by atoms with van der Waals surface area (Å²) >= 11 is 0. The third-order valence-corrected chi connectivity index (χ3v) is 5.67. The molecule has 7 heteroatoms. The van der Waals surface area contributed by atoms with E-state index in [-0.39, 0.29) is 6.61 Å². The zero-order valence-corrected chi connectivity index (χ0v) is 20.1. The van der Waals surface area contributed by atoms with Crippen LogP contribution in [0.5, 0.6) is 0 Å². The van der Waals surface area contributed by atoms with E-state index in [1.54, 1.807) is 0 Å². The van der Waals surface area contributed by atoms with Crippen LogP contribution >= 0.6 is 0 Å². The molecule has 33 heavy (non-hydrogen) atoms. The first-order valence-corrected chi connectivity index (χ1v) is 12.4. The van der Waals surface area contributed by atoms with Gasteiger partial charge in [-0.2, -0.15) is 13.2 Å². The molecule has 1 unspecified atom stereocenters. The molecule has 188 valence electrons. The van der Waals surface area contributed by atoms with E-state index >= 15 is 0 Å². The molecular weight excluding hydrogens is 431 g/mol.